The first-order chi connectivity index (χ1) is 11.4. The van der Waals surface area contributed by atoms with Gasteiger partial charge in [-0.2, -0.15) is 0 Å². The minimum absolute atomic E-state index is 0.279. The highest BCUT2D eigenvalue weighted by molar-refractivity contribution is 7.94. The summed E-state index contributed by atoms with van der Waals surface area (Å²) >= 11 is -0.487. The molecule has 1 aromatic carbocycles. The molecule has 0 spiro atoms. The second-order valence-corrected chi connectivity index (χ2v) is 8.74. The van der Waals surface area contributed by atoms with E-state index < -0.39 is 39.3 Å². The van der Waals surface area contributed by atoms with Gasteiger partial charge in [0.2, 0.25) is 5.37 Å². The fourth-order valence-electron chi connectivity index (χ4n) is 2.96. The van der Waals surface area contributed by atoms with Crippen molar-refractivity contribution in [3.8, 4) is 5.75 Å². The average molecular weight is 370 g/mol. The summed E-state index contributed by atoms with van der Waals surface area (Å²) in [7, 11) is 1.26. The number of fused-ring (bicyclic) bond motifs is 1. The number of nitrogens with one attached hydrogen (secondary N) is 1. The van der Waals surface area contributed by atoms with E-state index in [9.17, 15) is 14.1 Å². The van der Waals surface area contributed by atoms with Crippen LogP contribution < -0.4 is 8.91 Å². The van der Waals surface area contributed by atoms with Crippen LogP contribution in [0.15, 0.2) is 30.3 Å². The number of carbonyl (C=O) groups is 2. The van der Waals surface area contributed by atoms with Crippen molar-refractivity contribution in [1.82, 2.24) is 9.62 Å². The third-order valence-electron chi connectivity index (χ3n) is 4.24. The fourth-order valence-corrected chi connectivity index (χ4v) is 5.55. The topological polar surface area (TPSA) is 90.9 Å². The SMILES string of the molecule is COC(=O)[C@@H]1N2C(=O)[C@@H](NSOc3ccccc3)[C@H]2[S+]([O-])C1(C)C. The van der Waals surface area contributed by atoms with Crippen LogP contribution in [0, 0.1) is 0 Å². The summed E-state index contributed by atoms with van der Waals surface area (Å²) in [6.07, 6.45) is 0. The molecule has 2 heterocycles. The van der Waals surface area contributed by atoms with Crippen LogP contribution >= 0.6 is 12.2 Å². The maximum absolute atomic E-state index is 12.7. The lowest BCUT2D eigenvalue weighted by Gasteiger charge is -2.40. The Morgan fingerprint density at radius 1 is 1.38 bits per heavy atom. The van der Waals surface area contributed by atoms with E-state index in [2.05, 4.69) is 4.72 Å². The van der Waals surface area contributed by atoms with Crippen LogP contribution in [-0.4, -0.2) is 50.6 Å². The third-order valence-corrected chi connectivity index (χ3v) is 7.06. The molecule has 2 aliphatic heterocycles. The van der Waals surface area contributed by atoms with Crippen molar-refractivity contribution in [2.24, 2.45) is 0 Å². The molecule has 0 bridgehead atoms. The predicted molar refractivity (Wildman–Crippen MR) is 90.2 cm³/mol. The van der Waals surface area contributed by atoms with Gasteiger partial charge in [-0.05, 0) is 37.2 Å². The van der Waals surface area contributed by atoms with Crippen LogP contribution in [0.3, 0.4) is 0 Å². The van der Waals surface area contributed by atoms with E-state index in [1.54, 1.807) is 26.0 Å². The first kappa shape index (κ1) is 17.4. The lowest BCUT2D eigenvalue weighted by atomic mass is 9.96. The molecule has 1 N–H and O–H groups in total. The minimum Gasteiger partial charge on any atom is -0.614 e. The van der Waals surface area contributed by atoms with Crippen LogP contribution in [0.2, 0.25) is 0 Å². The van der Waals surface area contributed by atoms with Gasteiger partial charge in [0.15, 0.2) is 16.8 Å². The lowest BCUT2D eigenvalue weighted by Crippen LogP contribution is -2.70. The van der Waals surface area contributed by atoms with E-state index in [1.807, 2.05) is 18.2 Å². The van der Waals surface area contributed by atoms with Crippen LogP contribution in [0.5, 0.6) is 5.75 Å². The summed E-state index contributed by atoms with van der Waals surface area (Å²) in [6.45, 7) is 3.42. The van der Waals surface area contributed by atoms with Gasteiger partial charge in [0.25, 0.3) is 5.91 Å². The van der Waals surface area contributed by atoms with Crippen LogP contribution in [0.4, 0.5) is 0 Å². The Balaban J connectivity index is 1.66. The summed E-state index contributed by atoms with van der Waals surface area (Å²) in [4.78, 5) is 25.8. The number of β-lactam (4-membered cyclic amide) rings is 1. The number of hydrogen-bond acceptors (Lipinski definition) is 7. The van der Waals surface area contributed by atoms with Crippen LogP contribution in [0.1, 0.15) is 13.8 Å². The number of amides is 1. The zero-order valence-electron chi connectivity index (χ0n) is 13.4. The van der Waals surface area contributed by atoms with E-state index in [-0.39, 0.29) is 5.91 Å². The monoisotopic (exact) mass is 370 g/mol. The summed E-state index contributed by atoms with van der Waals surface area (Å²) in [6, 6.07) is 7.62. The van der Waals surface area contributed by atoms with Gasteiger partial charge in [-0.25, -0.2) is 9.52 Å². The minimum atomic E-state index is -1.40. The molecule has 0 aliphatic carbocycles. The summed E-state index contributed by atoms with van der Waals surface area (Å²) in [5.41, 5.74) is 0. The largest absolute Gasteiger partial charge is 0.614 e. The number of methoxy groups -OCH3 is 1. The molecule has 3 rings (SSSR count). The Kier molecular flexibility index (Phi) is 4.69. The number of benzene rings is 1. The highest BCUT2D eigenvalue weighted by atomic mass is 32.2. The van der Waals surface area contributed by atoms with E-state index in [0.717, 1.165) is 12.2 Å². The summed E-state index contributed by atoms with van der Waals surface area (Å²) < 4.78 is 25.0. The molecule has 1 amide bonds. The van der Waals surface area contributed by atoms with Gasteiger partial charge in [-0.3, -0.25) is 9.69 Å². The van der Waals surface area contributed by atoms with Gasteiger partial charge >= 0.3 is 5.97 Å². The number of esters is 1. The van der Waals surface area contributed by atoms with E-state index in [1.165, 1.54) is 12.0 Å². The average Bonchev–Trinajstić information content (AvgIpc) is 2.76. The number of hydrogen-bond donors (Lipinski definition) is 1. The van der Waals surface area contributed by atoms with Crippen molar-refractivity contribution < 1.29 is 23.1 Å². The Labute approximate surface area is 147 Å². The quantitative estimate of drug-likeness (QED) is 0.270. The number of carbonyl (C=O) groups excluding carboxylic acids is 2. The maximum Gasteiger partial charge on any atom is 0.334 e. The van der Waals surface area contributed by atoms with Gasteiger partial charge in [-0.1, -0.05) is 18.2 Å². The molecule has 1 unspecified atom stereocenters. The molecule has 2 aliphatic rings. The Bertz CT molecular complexity index is 642. The Morgan fingerprint density at radius 3 is 2.67 bits per heavy atom. The van der Waals surface area contributed by atoms with Crippen molar-refractivity contribution in [3.05, 3.63) is 30.3 Å². The Hall–Kier alpha value is -1.42. The molecule has 24 heavy (non-hydrogen) atoms. The predicted octanol–water partition coefficient (Wildman–Crippen LogP) is 0.838. The third kappa shape index (κ3) is 2.65. The lowest BCUT2D eigenvalue weighted by molar-refractivity contribution is -0.161. The van der Waals surface area contributed by atoms with Gasteiger partial charge in [0.05, 0.1) is 7.11 Å². The molecule has 2 fully saturated rings. The highest BCUT2D eigenvalue weighted by Crippen LogP contribution is 2.46. The first-order valence-corrected chi connectivity index (χ1v) is 9.30. The smallest absolute Gasteiger partial charge is 0.334 e. The molecule has 7 nitrogen and oxygen atoms in total. The number of ether oxygens (including phenoxy) is 1. The highest BCUT2D eigenvalue weighted by Gasteiger charge is 2.72. The standard InChI is InChI=1S/C15H18N2O5S2/c1-15(2)11(14(19)21-3)17-12(18)10(13(17)24(15)20)16-23-22-9-7-5-4-6-8-9/h4-8,10-11,13,16H,1-3H3/t10-,11+,13-,24?/m1/s1. The summed E-state index contributed by atoms with van der Waals surface area (Å²) in [5.74, 6) is -0.187. The molecule has 9 heteroatoms. The molecule has 0 radical (unpaired) electrons. The van der Waals surface area contributed by atoms with E-state index in [4.69, 9.17) is 8.92 Å². The van der Waals surface area contributed by atoms with Crippen molar-refractivity contribution >= 4 is 35.3 Å². The van der Waals surface area contributed by atoms with Crippen molar-refractivity contribution in [2.75, 3.05) is 7.11 Å². The van der Waals surface area contributed by atoms with Crippen molar-refractivity contribution in [3.63, 3.8) is 0 Å². The molecule has 0 aromatic heterocycles. The van der Waals surface area contributed by atoms with E-state index in [0.29, 0.717) is 5.75 Å². The number of nitrogens with zero attached hydrogens (tertiary/aromatic N) is 1. The normalized spacial score (nSPS) is 30.5. The molecule has 2 saturated heterocycles. The number of rotatable bonds is 5. The Morgan fingerprint density at radius 2 is 2.04 bits per heavy atom. The van der Waals surface area contributed by atoms with Gasteiger partial charge in [0, 0.05) is 0 Å². The molecular formula is C15H18N2O5S2. The van der Waals surface area contributed by atoms with Crippen molar-refractivity contribution in [2.45, 2.75) is 36.1 Å². The molecule has 130 valence electrons. The molecule has 4 atom stereocenters. The van der Waals surface area contributed by atoms with Gasteiger partial charge in [-0.15, -0.1) is 0 Å². The summed E-state index contributed by atoms with van der Waals surface area (Å²) in [5, 5.41) is -0.566. The molecule has 1 aromatic rings. The zero-order chi connectivity index (χ0) is 17.5. The number of para-hydroxylation sites is 1. The maximum atomic E-state index is 12.7. The first-order valence-electron chi connectivity index (χ1n) is 7.34. The zero-order valence-corrected chi connectivity index (χ0v) is 15.1. The molecular weight excluding hydrogens is 352 g/mol. The van der Waals surface area contributed by atoms with Crippen LogP contribution in [-0.2, 0) is 25.5 Å². The van der Waals surface area contributed by atoms with E-state index >= 15 is 0 Å². The second-order valence-electron chi connectivity index (χ2n) is 6.04. The second kappa shape index (κ2) is 6.47. The van der Waals surface area contributed by atoms with Gasteiger partial charge in [0.1, 0.15) is 18.0 Å². The fraction of sp³-hybridized carbons (Fsp3) is 0.467. The van der Waals surface area contributed by atoms with Crippen molar-refractivity contribution in [1.29, 1.82) is 0 Å². The van der Waals surface area contributed by atoms with Gasteiger partial charge < -0.3 is 13.5 Å². The molecule has 0 saturated carbocycles. The van der Waals surface area contributed by atoms with Crippen LogP contribution in [0.25, 0.3) is 0 Å².